The number of aryl methyl sites for hydroxylation is 1. The summed E-state index contributed by atoms with van der Waals surface area (Å²) in [5.41, 5.74) is 1.69. The quantitative estimate of drug-likeness (QED) is 0.715. The van der Waals surface area contributed by atoms with Gasteiger partial charge >= 0.3 is 0 Å². The Morgan fingerprint density at radius 2 is 1.76 bits per heavy atom. The Morgan fingerprint density at radius 3 is 2.40 bits per heavy atom. The summed E-state index contributed by atoms with van der Waals surface area (Å²) in [6.07, 6.45) is 0. The van der Waals surface area contributed by atoms with Gasteiger partial charge in [0.25, 0.3) is 0 Å². The van der Waals surface area contributed by atoms with Gasteiger partial charge in [-0.15, -0.1) is 5.10 Å². The molecule has 9 heteroatoms. The lowest BCUT2D eigenvalue weighted by atomic mass is 10.2. The van der Waals surface area contributed by atoms with Gasteiger partial charge in [-0.2, -0.15) is 4.68 Å². The number of nitrogens with zero attached hydrogens (tertiary/aromatic N) is 4. The number of rotatable bonds is 6. The summed E-state index contributed by atoms with van der Waals surface area (Å²) in [6, 6.07) is 13.7. The van der Waals surface area contributed by atoms with Gasteiger partial charge in [0.15, 0.2) is 5.82 Å². The molecule has 0 aliphatic carbocycles. The largest absolute Gasteiger partial charge is 0.497 e. The Bertz CT molecular complexity index is 950. The zero-order valence-corrected chi connectivity index (χ0v) is 14.6. The number of hydrogen-bond donors (Lipinski definition) is 1. The fraction of sp³-hybridized carbons (Fsp3) is 0.188. The molecule has 3 aromatic rings. The number of hydrogen-bond acceptors (Lipinski definition) is 6. The molecule has 0 spiro atoms. The maximum absolute atomic E-state index is 12.4. The lowest BCUT2D eigenvalue weighted by Gasteiger charge is -2.08. The summed E-state index contributed by atoms with van der Waals surface area (Å²) in [6.45, 7) is 1.86. The Hall–Kier alpha value is -2.78. The highest BCUT2D eigenvalue weighted by atomic mass is 32.2. The van der Waals surface area contributed by atoms with E-state index in [-0.39, 0.29) is 11.4 Å². The number of methoxy groups -OCH3 is 1. The molecule has 130 valence electrons. The molecular formula is C16H17N5O3S. The number of ether oxygens (including phenoxy) is 1. The molecule has 1 aromatic heterocycles. The predicted octanol–water partition coefficient (Wildman–Crippen LogP) is 1.46. The molecular weight excluding hydrogens is 342 g/mol. The molecule has 0 radical (unpaired) electrons. The van der Waals surface area contributed by atoms with Crippen LogP contribution in [0.1, 0.15) is 11.4 Å². The fourth-order valence-electron chi connectivity index (χ4n) is 2.20. The van der Waals surface area contributed by atoms with Crippen molar-refractivity contribution in [1.29, 1.82) is 0 Å². The molecule has 0 atom stereocenters. The minimum Gasteiger partial charge on any atom is -0.497 e. The second kappa shape index (κ2) is 6.99. The summed E-state index contributed by atoms with van der Waals surface area (Å²) in [4.78, 5) is 0.196. The van der Waals surface area contributed by atoms with Crippen molar-refractivity contribution in [2.24, 2.45) is 0 Å². The molecule has 0 aliphatic heterocycles. The van der Waals surface area contributed by atoms with Crippen LogP contribution in [0.2, 0.25) is 0 Å². The molecule has 8 nitrogen and oxygen atoms in total. The van der Waals surface area contributed by atoms with E-state index >= 15 is 0 Å². The molecule has 0 unspecified atom stereocenters. The van der Waals surface area contributed by atoms with E-state index in [2.05, 4.69) is 20.2 Å². The molecule has 1 N–H and O–H groups in total. The second-order valence-electron chi connectivity index (χ2n) is 5.34. The van der Waals surface area contributed by atoms with Crippen molar-refractivity contribution in [1.82, 2.24) is 24.9 Å². The van der Waals surface area contributed by atoms with Crippen molar-refractivity contribution >= 4 is 10.0 Å². The van der Waals surface area contributed by atoms with Crippen LogP contribution in [0.5, 0.6) is 5.75 Å². The Labute approximate surface area is 145 Å². The van der Waals surface area contributed by atoms with Gasteiger partial charge in [0.05, 0.1) is 24.2 Å². The van der Waals surface area contributed by atoms with Crippen LogP contribution in [0.15, 0.2) is 53.4 Å². The van der Waals surface area contributed by atoms with Crippen LogP contribution in [0.25, 0.3) is 5.69 Å². The number of tetrazole rings is 1. The molecule has 1 heterocycles. The normalized spacial score (nSPS) is 11.4. The Kier molecular flexibility index (Phi) is 4.77. The SMILES string of the molecule is COc1ccc(-n2nnnc2CNS(=O)(=O)c2ccc(C)cc2)cc1. The molecule has 25 heavy (non-hydrogen) atoms. The Morgan fingerprint density at radius 1 is 1.08 bits per heavy atom. The molecule has 0 saturated heterocycles. The molecule has 3 rings (SSSR count). The third-order valence-corrected chi connectivity index (χ3v) is 5.02. The van der Waals surface area contributed by atoms with Gasteiger partial charge in [-0.25, -0.2) is 13.1 Å². The summed E-state index contributed by atoms with van der Waals surface area (Å²) in [5, 5.41) is 11.4. The summed E-state index contributed by atoms with van der Waals surface area (Å²) in [7, 11) is -2.06. The second-order valence-corrected chi connectivity index (χ2v) is 7.11. The van der Waals surface area contributed by atoms with Crippen LogP contribution in [0.4, 0.5) is 0 Å². The van der Waals surface area contributed by atoms with Gasteiger partial charge < -0.3 is 4.74 Å². The molecule has 0 amide bonds. The molecule has 0 saturated carbocycles. The third-order valence-electron chi connectivity index (χ3n) is 3.60. The lowest BCUT2D eigenvalue weighted by Crippen LogP contribution is -2.25. The summed E-state index contributed by atoms with van der Waals surface area (Å²) < 4.78 is 33.8. The minimum absolute atomic E-state index is 0.0325. The minimum atomic E-state index is -3.64. The molecule has 0 aliphatic rings. The van der Waals surface area contributed by atoms with E-state index in [1.54, 1.807) is 55.6 Å². The van der Waals surface area contributed by atoms with Gasteiger partial charge in [0.2, 0.25) is 10.0 Å². The van der Waals surface area contributed by atoms with Crippen LogP contribution < -0.4 is 9.46 Å². The van der Waals surface area contributed by atoms with Crippen molar-refractivity contribution < 1.29 is 13.2 Å². The lowest BCUT2D eigenvalue weighted by molar-refractivity contribution is 0.414. The zero-order valence-electron chi connectivity index (χ0n) is 13.7. The maximum atomic E-state index is 12.4. The van der Waals surface area contributed by atoms with E-state index < -0.39 is 10.0 Å². The highest BCUT2D eigenvalue weighted by Crippen LogP contribution is 2.15. The van der Waals surface area contributed by atoms with Gasteiger partial charge in [-0.3, -0.25) is 0 Å². The highest BCUT2D eigenvalue weighted by Gasteiger charge is 2.16. The van der Waals surface area contributed by atoms with E-state index in [1.165, 1.54) is 4.68 Å². The molecule has 2 aromatic carbocycles. The summed E-state index contributed by atoms with van der Waals surface area (Å²) >= 11 is 0. The van der Waals surface area contributed by atoms with Crippen molar-refractivity contribution in [3.8, 4) is 11.4 Å². The van der Waals surface area contributed by atoms with Gasteiger partial charge in [-0.1, -0.05) is 17.7 Å². The fourth-order valence-corrected chi connectivity index (χ4v) is 3.18. The molecule has 0 bridgehead atoms. The average Bonchev–Trinajstić information content (AvgIpc) is 3.09. The van der Waals surface area contributed by atoms with Crippen LogP contribution in [0.3, 0.4) is 0 Å². The van der Waals surface area contributed by atoms with Crippen LogP contribution in [-0.2, 0) is 16.6 Å². The van der Waals surface area contributed by atoms with Crippen LogP contribution in [-0.4, -0.2) is 35.7 Å². The maximum Gasteiger partial charge on any atom is 0.240 e. The Balaban J connectivity index is 1.78. The van der Waals surface area contributed by atoms with Crippen LogP contribution in [0, 0.1) is 6.92 Å². The average molecular weight is 359 g/mol. The van der Waals surface area contributed by atoms with Crippen molar-refractivity contribution in [3.63, 3.8) is 0 Å². The first kappa shape index (κ1) is 17.1. The van der Waals surface area contributed by atoms with Gasteiger partial charge in [-0.05, 0) is 53.7 Å². The first-order valence-corrected chi connectivity index (χ1v) is 8.96. The van der Waals surface area contributed by atoms with E-state index in [1.807, 2.05) is 6.92 Å². The van der Waals surface area contributed by atoms with Gasteiger partial charge in [0.1, 0.15) is 5.75 Å². The van der Waals surface area contributed by atoms with E-state index in [9.17, 15) is 8.42 Å². The number of benzene rings is 2. The number of aromatic nitrogens is 4. The van der Waals surface area contributed by atoms with Crippen LogP contribution >= 0.6 is 0 Å². The third kappa shape index (κ3) is 3.83. The predicted molar refractivity (Wildman–Crippen MR) is 90.9 cm³/mol. The van der Waals surface area contributed by atoms with Crippen molar-refractivity contribution in [2.45, 2.75) is 18.4 Å². The monoisotopic (exact) mass is 359 g/mol. The van der Waals surface area contributed by atoms with E-state index in [4.69, 9.17) is 4.74 Å². The van der Waals surface area contributed by atoms with Crippen molar-refractivity contribution in [3.05, 3.63) is 59.9 Å². The topological polar surface area (TPSA) is 99.0 Å². The standard InChI is InChI=1S/C16H17N5O3S/c1-12-3-9-15(10-4-12)25(22,23)17-11-16-18-19-20-21(16)13-5-7-14(24-2)8-6-13/h3-10,17H,11H2,1-2H3. The van der Waals surface area contributed by atoms with E-state index in [0.717, 1.165) is 5.56 Å². The van der Waals surface area contributed by atoms with Gasteiger partial charge in [0, 0.05) is 0 Å². The van der Waals surface area contributed by atoms with E-state index in [0.29, 0.717) is 17.3 Å². The van der Waals surface area contributed by atoms with Crippen molar-refractivity contribution in [2.75, 3.05) is 7.11 Å². The smallest absolute Gasteiger partial charge is 0.240 e. The summed E-state index contributed by atoms with van der Waals surface area (Å²) in [5.74, 6) is 1.08. The first-order valence-electron chi connectivity index (χ1n) is 7.47. The highest BCUT2D eigenvalue weighted by molar-refractivity contribution is 7.89. The molecule has 0 fully saturated rings. The zero-order chi connectivity index (χ0) is 17.9. The number of nitrogens with one attached hydrogen (secondary N) is 1. The first-order chi connectivity index (χ1) is 12.0. The number of sulfonamides is 1.